The van der Waals surface area contributed by atoms with Crippen LogP contribution in [0.25, 0.3) is 5.57 Å². The highest BCUT2D eigenvalue weighted by Crippen LogP contribution is 2.41. The zero-order valence-electron chi connectivity index (χ0n) is 8.62. The number of ketones is 1. The maximum atomic E-state index is 11.6. The highest BCUT2D eigenvalue weighted by molar-refractivity contribution is 6.06. The number of hydrogen-bond donors (Lipinski definition) is 0. The lowest BCUT2D eigenvalue weighted by molar-refractivity contribution is -0.118. The van der Waals surface area contributed by atoms with Crippen LogP contribution in [0.2, 0.25) is 0 Å². The molecule has 1 aliphatic carbocycles. The van der Waals surface area contributed by atoms with Crippen molar-refractivity contribution in [3.63, 3.8) is 0 Å². The quantitative estimate of drug-likeness (QED) is 0.643. The highest BCUT2D eigenvalue weighted by atomic mass is 16.5. The van der Waals surface area contributed by atoms with Crippen molar-refractivity contribution >= 4 is 11.4 Å². The molecule has 2 aliphatic rings. The van der Waals surface area contributed by atoms with E-state index in [-0.39, 0.29) is 5.78 Å². The molecule has 0 radical (unpaired) electrons. The monoisotopic (exact) mass is 200 g/mol. The minimum absolute atomic E-state index is 0.159. The molecule has 76 valence electrons. The third-order valence-corrected chi connectivity index (χ3v) is 3.16. The van der Waals surface area contributed by atoms with Crippen molar-refractivity contribution < 1.29 is 9.53 Å². The van der Waals surface area contributed by atoms with E-state index < -0.39 is 0 Å². The van der Waals surface area contributed by atoms with Crippen LogP contribution < -0.4 is 0 Å². The van der Waals surface area contributed by atoms with Gasteiger partial charge in [-0.3, -0.25) is 4.79 Å². The highest BCUT2D eigenvalue weighted by Gasteiger charge is 2.35. The van der Waals surface area contributed by atoms with E-state index in [0.29, 0.717) is 24.7 Å². The summed E-state index contributed by atoms with van der Waals surface area (Å²) in [4.78, 5) is 11.6. The smallest absolute Gasteiger partial charge is 0.198 e. The molecule has 1 aliphatic heterocycles. The average molecular weight is 200 g/mol. The first-order valence-electron chi connectivity index (χ1n) is 5.26. The largest absolute Gasteiger partial charge is 0.485 e. The number of allylic oxidation sites excluding steroid dienone is 2. The second-order valence-electron chi connectivity index (χ2n) is 4.22. The standard InChI is InChI=1S/C13H12O2/c1-8-6-11(14)13-12(8)10-5-3-2-4-9(10)7-15-13/h2-5,8H,6-7H2,1H3. The Hall–Kier alpha value is -1.57. The Morgan fingerprint density at radius 3 is 3.00 bits per heavy atom. The van der Waals surface area contributed by atoms with Gasteiger partial charge in [0.15, 0.2) is 11.5 Å². The van der Waals surface area contributed by atoms with Gasteiger partial charge in [0.05, 0.1) is 0 Å². The first kappa shape index (κ1) is 8.72. The van der Waals surface area contributed by atoms with Crippen molar-refractivity contribution in [2.45, 2.75) is 20.0 Å². The normalized spacial score (nSPS) is 23.5. The number of hydrogen-bond acceptors (Lipinski definition) is 2. The molecule has 0 saturated carbocycles. The van der Waals surface area contributed by atoms with E-state index in [4.69, 9.17) is 4.74 Å². The Morgan fingerprint density at radius 1 is 1.33 bits per heavy atom. The van der Waals surface area contributed by atoms with Crippen molar-refractivity contribution in [1.29, 1.82) is 0 Å². The Bertz CT molecular complexity index is 471. The second kappa shape index (κ2) is 2.96. The predicted molar refractivity (Wildman–Crippen MR) is 56.9 cm³/mol. The molecule has 0 spiro atoms. The number of benzene rings is 1. The lowest BCUT2D eigenvalue weighted by atomic mass is 9.92. The SMILES string of the molecule is CC1CC(=O)C2=C1c1ccccc1CO2. The van der Waals surface area contributed by atoms with Crippen LogP contribution in [0.4, 0.5) is 0 Å². The van der Waals surface area contributed by atoms with Gasteiger partial charge in [-0.2, -0.15) is 0 Å². The summed E-state index contributed by atoms with van der Waals surface area (Å²) in [5.74, 6) is 1.07. The molecular formula is C13H12O2. The van der Waals surface area contributed by atoms with E-state index in [1.165, 1.54) is 11.1 Å². The summed E-state index contributed by atoms with van der Waals surface area (Å²) in [5, 5.41) is 0. The number of carbonyl (C=O) groups excluding carboxylic acids is 1. The molecule has 1 unspecified atom stereocenters. The topological polar surface area (TPSA) is 26.3 Å². The summed E-state index contributed by atoms with van der Waals surface area (Å²) in [6.07, 6.45) is 0.596. The summed E-state index contributed by atoms with van der Waals surface area (Å²) in [6, 6.07) is 8.18. The Labute approximate surface area is 88.6 Å². The predicted octanol–water partition coefficient (Wildman–Crippen LogP) is 2.54. The number of rotatable bonds is 0. The van der Waals surface area contributed by atoms with E-state index in [9.17, 15) is 4.79 Å². The minimum atomic E-state index is 0.159. The van der Waals surface area contributed by atoms with Crippen molar-refractivity contribution in [2.75, 3.05) is 0 Å². The summed E-state index contributed by atoms with van der Waals surface area (Å²) >= 11 is 0. The van der Waals surface area contributed by atoms with Crippen molar-refractivity contribution in [2.24, 2.45) is 5.92 Å². The van der Waals surface area contributed by atoms with Crippen molar-refractivity contribution in [3.8, 4) is 0 Å². The molecule has 1 heterocycles. The van der Waals surface area contributed by atoms with Crippen LogP contribution in [-0.4, -0.2) is 5.78 Å². The van der Waals surface area contributed by atoms with Crippen LogP contribution in [0.5, 0.6) is 0 Å². The molecule has 2 heteroatoms. The number of carbonyl (C=O) groups is 1. The fourth-order valence-corrected chi connectivity index (χ4v) is 2.45. The summed E-state index contributed by atoms with van der Waals surface area (Å²) in [5.41, 5.74) is 3.51. The van der Waals surface area contributed by atoms with Crippen LogP contribution >= 0.6 is 0 Å². The minimum Gasteiger partial charge on any atom is -0.485 e. The molecule has 1 atom stereocenters. The zero-order valence-corrected chi connectivity index (χ0v) is 8.62. The van der Waals surface area contributed by atoms with E-state index in [0.717, 1.165) is 5.57 Å². The van der Waals surface area contributed by atoms with E-state index in [2.05, 4.69) is 19.1 Å². The molecule has 0 N–H and O–H groups in total. The molecule has 0 fully saturated rings. The van der Waals surface area contributed by atoms with Crippen molar-refractivity contribution in [3.05, 3.63) is 41.2 Å². The van der Waals surface area contributed by atoms with Gasteiger partial charge >= 0.3 is 0 Å². The van der Waals surface area contributed by atoms with Crippen molar-refractivity contribution in [1.82, 2.24) is 0 Å². The van der Waals surface area contributed by atoms with Gasteiger partial charge in [-0.05, 0) is 17.0 Å². The second-order valence-corrected chi connectivity index (χ2v) is 4.22. The molecular weight excluding hydrogens is 188 g/mol. The average Bonchev–Trinajstić information content (AvgIpc) is 2.55. The third kappa shape index (κ3) is 1.14. The number of ether oxygens (including phenoxy) is 1. The zero-order chi connectivity index (χ0) is 10.4. The van der Waals surface area contributed by atoms with Gasteiger partial charge in [0, 0.05) is 12.0 Å². The van der Waals surface area contributed by atoms with Gasteiger partial charge in [0.1, 0.15) is 6.61 Å². The molecule has 1 aromatic rings. The molecule has 2 nitrogen and oxygen atoms in total. The number of fused-ring (bicyclic) bond motifs is 2. The Kier molecular flexibility index (Phi) is 1.72. The lowest BCUT2D eigenvalue weighted by Gasteiger charge is -2.20. The Balaban J connectivity index is 2.22. The van der Waals surface area contributed by atoms with E-state index in [1.807, 2.05) is 12.1 Å². The number of Topliss-reactive ketones (excluding diaryl/α,β-unsaturated/α-hetero) is 1. The molecule has 0 saturated heterocycles. The van der Waals surface area contributed by atoms with Gasteiger partial charge in [0.2, 0.25) is 0 Å². The van der Waals surface area contributed by atoms with Gasteiger partial charge in [-0.1, -0.05) is 31.2 Å². The molecule has 0 bridgehead atoms. The fourth-order valence-electron chi connectivity index (χ4n) is 2.45. The van der Waals surface area contributed by atoms with Crippen LogP contribution in [0.3, 0.4) is 0 Å². The molecule has 15 heavy (non-hydrogen) atoms. The third-order valence-electron chi connectivity index (χ3n) is 3.16. The van der Waals surface area contributed by atoms with Crippen LogP contribution in [0.15, 0.2) is 30.0 Å². The lowest BCUT2D eigenvalue weighted by Crippen LogP contribution is -2.08. The summed E-state index contributed by atoms with van der Waals surface area (Å²) in [6.45, 7) is 2.62. The summed E-state index contributed by atoms with van der Waals surface area (Å²) < 4.78 is 5.54. The molecule has 3 rings (SSSR count). The van der Waals surface area contributed by atoms with Gasteiger partial charge in [0.25, 0.3) is 0 Å². The Morgan fingerprint density at radius 2 is 2.13 bits per heavy atom. The van der Waals surface area contributed by atoms with Crippen LogP contribution in [0, 0.1) is 5.92 Å². The maximum Gasteiger partial charge on any atom is 0.198 e. The fraction of sp³-hybridized carbons (Fsp3) is 0.308. The van der Waals surface area contributed by atoms with Gasteiger partial charge in [-0.25, -0.2) is 0 Å². The van der Waals surface area contributed by atoms with E-state index >= 15 is 0 Å². The van der Waals surface area contributed by atoms with Crippen LogP contribution in [-0.2, 0) is 16.1 Å². The molecule has 1 aromatic carbocycles. The first-order chi connectivity index (χ1) is 7.27. The van der Waals surface area contributed by atoms with E-state index in [1.54, 1.807) is 0 Å². The summed E-state index contributed by atoms with van der Waals surface area (Å²) in [7, 11) is 0. The van der Waals surface area contributed by atoms with Gasteiger partial charge in [-0.15, -0.1) is 0 Å². The van der Waals surface area contributed by atoms with Gasteiger partial charge < -0.3 is 4.74 Å². The molecule has 0 aromatic heterocycles. The maximum absolute atomic E-state index is 11.6. The van der Waals surface area contributed by atoms with Crippen LogP contribution in [0.1, 0.15) is 24.5 Å². The first-order valence-corrected chi connectivity index (χ1v) is 5.26. The molecule has 0 amide bonds.